The van der Waals surface area contributed by atoms with Crippen LogP contribution in [0.25, 0.3) is 16.5 Å². The fraction of sp³-hybridized carbons (Fsp3) is 0.633. The third-order valence-electron chi connectivity index (χ3n) is 7.10. The van der Waals surface area contributed by atoms with Gasteiger partial charge in [0, 0.05) is 52.8 Å². The van der Waals surface area contributed by atoms with E-state index in [0.29, 0.717) is 94.6 Å². The van der Waals surface area contributed by atoms with Crippen LogP contribution in [0.4, 0.5) is 10.5 Å². The van der Waals surface area contributed by atoms with Crippen molar-refractivity contribution in [1.82, 2.24) is 21.3 Å². The van der Waals surface area contributed by atoms with Gasteiger partial charge in [-0.25, -0.2) is 4.79 Å². The van der Waals surface area contributed by atoms with E-state index in [1.807, 2.05) is 11.8 Å². The first kappa shape index (κ1) is 36.9. The van der Waals surface area contributed by atoms with E-state index in [1.54, 1.807) is 24.3 Å². The van der Waals surface area contributed by atoms with E-state index < -0.39 is 0 Å². The molecule has 4 amide bonds. The molecule has 0 aliphatic carbocycles. The summed E-state index contributed by atoms with van der Waals surface area (Å²) in [6.45, 7) is 4.14. The Morgan fingerprint density at radius 3 is 2.35 bits per heavy atom. The van der Waals surface area contributed by atoms with Crippen molar-refractivity contribution in [2.45, 2.75) is 43.0 Å². The molecule has 2 heterocycles. The number of hydrogen-bond donors (Lipinski definition) is 4. The summed E-state index contributed by atoms with van der Waals surface area (Å²) in [4.78, 5) is 38.2. The van der Waals surface area contributed by atoms with Gasteiger partial charge in [-0.1, -0.05) is 23.7 Å². The second-order valence-corrected chi connectivity index (χ2v) is 11.7. The van der Waals surface area contributed by atoms with Crippen molar-refractivity contribution in [1.29, 1.82) is 0 Å². The molecule has 2 aliphatic heterocycles. The number of amides is 4. The Hall–Kier alpha value is -3.53. The molecule has 1 aromatic rings. The molecule has 2 aliphatic rings. The van der Waals surface area contributed by atoms with Gasteiger partial charge in [0.15, 0.2) is 0 Å². The summed E-state index contributed by atoms with van der Waals surface area (Å²) >= 11 is 1.89. The molecule has 0 saturated carbocycles. The van der Waals surface area contributed by atoms with Crippen LogP contribution in [-0.4, -0.2) is 114 Å². The predicted molar refractivity (Wildman–Crippen MR) is 174 cm³/mol. The molecule has 2 fully saturated rings. The molecule has 3 rings (SSSR count). The lowest BCUT2D eigenvalue weighted by Crippen LogP contribution is -2.36. The van der Waals surface area contributed by atoms with E-state index in [0.717, 1.165) is 25.0 Å². The van der Waals surface area contributed by atoms with E-state index in [9.17, 15) is 14.4 Å². The Kier molecular flexibility index (Phi) is 17.7. The minimum absolute atomic E-state index is 0.0284. The monoisotopic (exact) mass is 663 g/mol. The smallest absolute Gasteiger partial charge is 0.315 e. The van der Waals surface area contributed by atoms with Crippen LogP contribution >= 0.6 is 11.8 Å². The van der Waals surface area contributed by atoms with E-state index in [1.165, 1.54) is 13.2 Å². The highest BCUT2D eigenvalue weighted by Crippen LogP contribution is 2.33. The number of fused-ring (bicyclic) bond motifs is 1. The number of hydrogen-bond acceptors (Lipinski definition) is 10. The molecule has 16 heteroatoms. The van der Waals surface area contributed by atoms with Crippen LogP contribution in [0.1, 0.15) is 31.2 Å². The van der Waals surface area contributed by atoms with Crippen LogP contribution in [0, 0.1) is 0 Å². The normalized spacial score (nSPS) is 18.5. The maximum absolute atomic E-state index is 12.0. The lowest BCUT2D eigenvalue weighted by atomic mass is 10.0. The number of methoxy groups -OCH3 is 1. The zero-order valence-corrected chi connectivity index (χ0v) is 27.1. The van der Waals surface area contributed by atoms with Gasteiger partial charge in [0.25, 0.3) is 0 Å². The Morgan fingerprint density at radius 1 is 1.00 bits per heavy atom. The molecule has 0 aromatic heterocycles. The van der Waals surface area contributed by atoms with Crippen molar-refractivity contribution in [2.75, 3.05) is 78.8 Å². The number of nitrogens with zero attached hydrogens (tertiary/aromatic N) is 3. The first-order valence-corrected chi connectivity index (χ1v) is 16.5. The standard InChI is InChI=1S/C30H45N7O8S/c1-41-25-20-23(36-37-31)8-6-22(25)7-9-28(39)33-11-13-43-15-17-45-19-18-44-16-14-42-12-10-32-27(38)5-3-2-4-26-29-24(21-46-26)34-30(40)35-29/h6-9,20,24,26,29H,2-5,10-19,21H2,1H3,(H,32,38)(H,33,39)(H2,34,35,40)/b9-7+/t24-,26-,29-/m0/s1. The van der Waals surface area contributed by atoms with Crippen molar-refractivity contribution in [3.05, 3.63) is 40.3 Å². The molecule has 46 heavy (non-hydrogen) atoms. The van der Waals surface area contributed by atoms with Gasteiger partial charge in [0.1, 0.15) is 5.75 Å². The predicted octanol–water partition coefficient (Wildman–Crippen LogP) is 2.67. The number of unbranched alkanes of at least 4 members (excludes halogenated alkanes) is 1. The highest BCUT2D eigenvalue weighted by Gasteiger charge is 2.42. The van der Waals surface area contributed by atoms with E-state index in [2.05, 4.69) is 31.3 Å². The zero-order chi connectivity index (χ0) is 32.8. The quantitative estimate of drug-likeness (QED) is 0.0321. The molecule has 0 spiro atoms. The summed E-state index contributed by atoms with van der Waals surface area (Å²) in [5.41, 5.74) is 9.63. The lowest BCUT2D eigenvalue weighted by molar-refractivity contribution is -0.121. The van der Waals surface area contributed by atoms with E-state index >= 15 is 0 Å². The number of rotatable bonds is 24. The average molecular weight is 664 g/mol. The highest BCUT2D eigenvalue weighted by atomic mass is 32.2. The fourth-order valence-corrected chi connectivity index (χ4v) is 6.35. The summed E-state index contributed by atoms with van der Waals surface area (Å²) < 4.78 is 27.1. The van der Waals surface area contributed by atoms with E-state index in [-0.39, 0.29) is 29.9 Å². The first-order chi connectivity index (χ1) is 22.5. The van der Waals surface area contributed by atoms with Gasteiger partial charge >= 0.3 is 6.03 Å². The molecule has 1 aromatic carbocycles. The Morgan fingerprint density at radius 2 is 1.67 bits per heavy atom. The van der Waals surface area contributed by atoms with Gasteiger partial charge < -0.3 is 45.0 Å². The van der Waals surface area contributed by atoms with Crippen LogP contribution in [0.2, 0.25) is 0 Å². The molecular formula is C30H45N7O8S. The van der Waals surface area contributed by atoms with Crippen molar-refractivity contribution < 1.29 is 38.1 Å². The number of nitrogens with one attached hydrogen (secondary N) is 4. The molecule has 15 nitrogen and oxygen atoms in total. The van der Waals surface area contributed by atoms with Gasteiger partial charge in [-0.2, -0.15) is 11.8 Å². The molecular weight excluding hydrogens is 618 g/mol. The Labute approximate surface area is 273 Å². The van der Waals surface area contributed by atoms with Crippen LogP contribution < -0.4 is 26.0 Å². The lowest BCUT2D eigenvalue weighted by Gasteiger charge is -2.16. The van der Waals surface area contributed by atoms with Crippen molar-refractivity contribution in [3.63, 3.8) is 0 Å². The highest BCUT2D eigenvalue weighted by molar-refractivity contribution is 8.00. The van der Waals surface area contributed by atoms with Crippen LogP contribution in [0.5, 0.6) is 5.75 Å². The van der Waals surface area contributed by atoms with Gasteiger partial charge in [-0.3, -0.25) is 9.59 Å². The molecule has 2 saturated heterocycles. The first-order valence-electron chi connectivity index (χ1n) is 15.5. The minimum atomic E-state index is -0.272. The maximum atomic E-state index is 12.0. The van der Waals surface area contributed by atoms with Gasteiger partial charge in [0.05, 0.1) is 72.0 Å². The fourth-order valence-electron chi connectivity index (χ4n) is 4.81. The summed E-state index contributed by atoms with van der Waals surface area (Å²) in [5, 5.41) is 15.5. The van der Waals surface area contributed by atoms with Crippen molar-refractivity contribution in [3.8, 4) is 5.75 Å². The number of urea groups is 1. The van der Waals surface area contributed by atoms with Crippen molar-refractivity contribution in [2.24, 2.45) is 5.11 Å². The Balaban J connectivity index is 1.04. The average Bonchev–Trinajstić information content (AvgIpc) is 3.61. The number of carbonyl (C=O) groups is 3. The molecule has 0 unspecified atom stereocenters. The summed E-state index contributed by atoms with van der Waals surface area (Å²) in [6.07, 6.45) is 6.30. The van der Waals surface area contributed by atoms with Crippen LogP contribution in [-0.2, 0) is 28.5 Å². The molecule has 254 valence electrons. The number of carbonyl (C=O) groups excluding carboxylic acids is 3. The Bertz CT molecular complexity index is 1180. The van der Waals surface area contributed by atoms with Gasteiger partial charge in [-0.05, 0) is 30.5 Å². The van der Waals surface area contributed by atoms with Gasteiger partial charge in [-0.15, -0.1) is 0 Å². The molecule has 3 atom stereocenters. The largest absolute Gasteiger partial charge is 0.496 e. The summed E-state index contributed by atoms with van der Waals surface area (Å²) in [6, 6.07) is 5.31. The molecule has 0 radical (unpaired) electrons. The van der Waals surface area contributed by atoms with Crippen LogP contribution in [0.3, 0.4) is 0 Å². The van der Waals surface area contributed by atoms with E-state index in [4.69, 9.17) is 29.2 Å². The zero-order valence-electron chi connectivity index (χ0n) is 26.2. The summed E-state index contributed by atoms with van der Waals surface area (Å²) in [5.74, 6) is 1.20. The number of thioether (sulfide) groups is 1. The topological polar surface area (TPSA) is 194 Å². The maximum Gasteiger partial charge on any atom is 0.315 e. The third kappa shape index (κ3) is 14.3. The molecule has 4 N–H and O–H groups in total. The van der Waals surface area contributed by atoms with Crippen LogP contribution in [0.15, 0.2) is 29.4 Å². The van der Waals surface area contributed by atoms with Crippen molar-refractivity contribution >= 4 is 41.4 Å². The van der Waals surface area contributed by atoms with Gasteiger partial charge in [0.2, 0.25) is 11.8 Å². The number of benzene rings is 1. The number of ether oxygens (including phenoxy) is 5. The second kappa shape index (κ2) is 22.1. The summed E-state index contributed by atoms with van der Waals surface area (Å²) in [7, 11) is 1.50. The molecule has 0 bridgehead atoms. The SMILES string of the molecule is COc1cc(N=[N+]=[N-])ccc1/C=C/C(=O)NCCOCCOCCOCCOCCNC(=O)CCCC[C@@H]1SC[C@@H]2NC(=O)N[C@@H]21. The minimum Gasteiger partial charge on any atom is -0.496 e. The number of azide groups is 1. The third-order valence-corrected chi connectivity index (χ3v) is 8.61. The second-order valence-electron chi connectivity index (χ2n) is 10.4.